The molecule has 0 aromatic carbocycles. The van der Waals surface area contributed by atoms with Crippen molar-refractivity contribution in [3.8, 4) is 0 Å². The second-order valence-electron chi connectivity index (χ2n) is 6.62. The molecule has 2 heteroatoms. The summed E-state index contributed by atoms with van der Waals surface area (Å²) < 4.78 is 0. The van der Waals surface area contributed by atoms with Crippen molar-refractivity contribution in [2.75, 3.05) is 0 Å². The molecular formula is C14H23NO. The maximum absolute atomic E-state index is 12.3. The third kappa shape index (κ3) is 1.71. The molecule has 0 radical (unpaired) electrons. The van der Waals surface area contributed by atoms with Crippen molar-refractivity contribution in [1.29, 1.82) is 0 Å². The Balaban J connectivity index is 1.60. The second-order valence-corrected chi connectivity index (χ2v) is 6.62. The van der Waals surface area contributed by atoms with E-state index in [4.69, 9.17) is 5.73 Å². The summed E-state index contributed by atoms with van der Waals surface area (Å²) >= 11 is 0. The van der Waals surface area contributed by atoms with Crippen LogP contribution in [0.3, 0.4) is 0 Å². The largest absolute Gasteiger partial charge is 0.319 e. The number of carbonyl (C=O) groups excluding carboxylic acids is 1. The van der Waals surface area contributed by atoms with Gasteiger partial charge in [-0.2, -0.15) is 0 Å². The molecule has 2 bridgehead atoms. The predicted octanol–water partition coefficient (Wildman–Crippen LogP) is 2.51. The molecule has 2 nitrogen and oxygen atoms in total. The van der Waals surface area contributed by atoms with E-state index in [0.717, 1.165) is 31.1 Å². The molecule has 3 fully saturated rings. The SMILES string of the molecule is CC(N)(C(=O)CC1CC2CCC1C2)C1CC1. The van der Waals surface area contributed by atoms with Gasteiger partial charge in [-0.15, -0.1) is 0 Å². The van der Waals surface area contributed by atoms with Crippen LogP contribution in [0.25, 0.3) is 0 Å². The van der Waals surface area contributed by atoms with Gasteiger partial charge in [0.25, 0.3) is 0 Å². The lowest BCUT2D eigenvalue weighted by molar-refractivity contribution is -0.125. The smallest absolute Gasteiger partial charge is 0.152 e. The number of fused-ring (bicyclic) bond motifs is 2. The summed E-state index contributed by atoms with van der Waals surface area (Å²) in [5.41, 5.74) is 5.68. The Morgan fingerprint density at radius 3 is 2.50 bits per heavy atom. The minimum atomic E-state index is -0.512. The van der Waals surface area contributed by atoms with E-state index in [1.165, 1.54) is 25.7 Å². The number of Topliss-reactive ketones (excluding diaryl/α,β-unsaturated/α-hetero) is 1. The van der Waals surface area contributed by atoms with Gasteiger partial charge in [-0.1, -0.05) is 6.42 Å². The van der Waals surface area contributed by atoms with E-state index >= 15 is 0 Å². The number of ketones is 1. The molecule has 0 aromatic heterocycles. The van der Waals surface area contributed by atoms with Crippen LogP contribution in [-0.2, 0) is 4.79 Å². The normalized spacial score (nSPS) is 41.0. The number of nitrogens with two attached hydrogens (primary N) is 1. The van der Waals surface area contributed by atoms with Crippen LogP contribution in [0, 0.1) is 23.7 Å². The Bertz CT molecular complexity index is 306. The zero-order valence-corrected chi connectivity index (χ0v) is 10.2. The Morgan fingerprint density at radius 1 is 1.25 bits per heavy atom. The van der Waals surface area contributed by atoms with E-state index in [9.17, 15) is 4.79 Å². The first-order chi connectivity index (χ1) is 7.57. The molecule has 0 heterocycles. The first-order valence-corrected chi connectivity index (χ1v) is 6.89. The van der Waals surface area contributed by atoms with Crippen LogP contribution in [0.1, 0.15) is 51.9 Å². The molecule has 90 valence electrons. The fraction of sp³-hybridized carbons (Fsp3) is 0.929. The second kappa shape index (κ2) is 3.56. The zero-order chi connectivity index (χ0) is 11.3. The fourth-order valence-corrected chi connectivity index (χ4v) is 4.00. The van der Waals surface area contributed by atoms with Crippen LogP contribution in [0.4, 0.5) is 0 Å². The van der Waals surface area contributed by atoms with Gasteiger partial charge < -0.3 is 5.73 Å². The van der Waals surface area contributed by atoms with Crippen LogP contribution >= 0.6 is 0 Å². The molecule has 0 amide bonds. The molecule has 0 spiro atoms. The highest BCUT2D eigenvalue weighted by molar-refractivity contribution is 5.88. The van der Waals surface area contributed by atoms with E-state index in [0.29, 0.717) is 17.6 Å². The van der Waals surface area contributed by atoms with Gasteiger partial charge in [0.15, 0.2) is 5.78 Å². The lowest BCUT2D eigenvalue weighted by Gasteiger charge is -2.27. The minimum absolute atomic E-state index is 0.340. The summed E-state index contributed by atoms with van der Waals surface area (Å²) in [7, 11) is 0. The average Bonchev–Trinajstić information content (AvgIpc) is 2.92. The molecule has 3 aliphatic rings. The molecule has 3 rings (SSSR count). The minimum Gasteiger partial charge on any atom is -0.319 e. The highest BCUT2D eigenvalue weighted by atomic mass is 16.1. The Morgan fingerprint density at radius 2 is 2.00 bits per heavy atom. The zero-order valence-electron chi connectivity index (χ0n) is 10.2. The fourth-order valence-electron chi connectivity index (χ4n) is 4.00. The van der Waals surface area contributed by atoms with E-state index < -0.39 is 5.54 Å². The van der Waals surface area contributed by atoms with Crippen LogP contribution in [0.2, 0.25) is 0 Å². The van der Waals surface area contributed by atoms with Crippen LogP contribution in [-0.4, -0.2) is 11.3 Å². The van der Waals surface area contributed by atoms with Gasteiger partial charge in [0, 0.05) is 6.42 Å². The topological polar surface area (TPSA) is 43.1 Å². The van der Waals surface area contributed by atoms with E-state index in [1.807, 2.05) is 6.92 Å². The Kier molecular flexibility index (Phi) is 2.39. The van der Waals surface area contributed by atoms with Crippen molar-refractivity contribution in [2.45, 2.75) is 57.4 Å². The van der Waals surface area contributed by atoms with Crippen molar-refractivity contribution in [1.82, 2.24) is 0 Å². The van der Waals surface area contributed by atoms with Gasteiger partial charge in [0.2, 0.25) is 0 Å². The third-order valence-electron chi connectivity index (χ3n) is 5.36. The van der Waals surface area contributed by atoms with E-state index in [1.54, 1.807) is 0 Å². The Labute approximate surface area is 98.0 Å². The molecule has 0 aromatic rings. The van der Waals surface area contributed by atoms with Gasteiger partial charge in [-0.3, -0.25) is 4.79 Å². The van der Waals surface area contributed by atoms with Gasteiger partial charge in [0.05, 0.1) is 5.54 Å². The molecule has 3 aliphatic carbocycles. The summed E-state index contributed by atoms with van der Waals surface area (Å²) in [5, 5.41) is 0. The van der Waals surface area contributed by atoms with Crippen LogP contribution in [0.5, 0.6) is 0 Å². The van der Waals surface area contributed by atoms with Gasteiger partial charge in [-0.25, -0.2) is 0 Å². The summed E-state index contributed by atoms with van der Waals surface area (Å²) in [4.78, 5) is 12.3. The van der Waals surface area contributed by atoms with Gasteiger partial charge in [0.1, 0.15) is 0 Å². The predicted molar refractivity (Wildman–Crippen MR) is 63.9 cm³/mol. The van der Waals surface area contributed by atoms with Crippen LogP contribution in [0.15, 0.2) is 0 Å². The van der Waals surface area contributed by atoms with Crippen molar-refractivity contribution >= 4 is 5.78 Å². The van der Waals surface area contributed by atoms with Crippen molar-refractivity contribution in [3.05, 3.63) is 0 Å². The molecule has 0 aliphatic heterocycles. The molecule has 2 N–H and O–H groups in total. The Hall–Kier alpha value is -0.370. The summed E-state index contributed by atoms with van der Waals surface area (Å²) in [5.74, 6) is 3.29. The lowest BCUT2D eigenvalue weighted by Crippen LogP contribution is -2.47. The standard InChI is InChI=1S/C14H23NO/c1-14(15,12-4-5-12)13(16)8-11-7-9-2-3-10(11)6-9/h9-12H,2-8,15H2,1H3. The van der Waals surface area contributed by atoms with Crippen molar-refractivity contribution in [3.63, 3.8) is 0 Å². The van der Waals surface area contributed by atoms with Crippen molar-refractivity contribution in [2.24, 2.45) is 29.4 Å². The number of carbonyl (C=O) groups is 1. The maximum atomic E-state index is 12.3. The van der Waals surface area contributed by atoms with Gasteiger partial charge in [-0.05, 0) is 62.7 Å². The summed E-state index contributed by atoms with van der Waals surface area (Å²) in [6.07, 6.45) is 8.57. The van der Waals surface area contributed by atoms with Crippen LogP contribution < -0.4 is 5.73 Å². The first-order valence-electron chi connectivity index (χ1n) is 6.89. The highest BCUT2D eigenvalue weighted by Crippen LogP contribution is 2.50. The maximum Gasteiger partial charge on any atom is 0.152 e. The molecular weight excluding hydrogens is 198 g/mol. The molecule has 0 saturated heterocycles. The quantitative estimate of drug-likeness (QED) is 0.792. The third-order valence-corrected chi connectivity index (χ3v) is 5.36. The molecule has 4 atom stereocenters. The summed E-state index contributed by atoms with van der Waals surface area (Å²) in [6, 6.07) is 0. The summed E-state index contributed by atoms with van der Waals surface area (Å²) in [6.45, 7) is 1.96. The van der Waals surface area contributed by atoms with E-state index in [2.05, 4.69) is 0 Å². The molecule has 16 heavy (non-hydrogen) atoms. The van der Waals surface area contributed by atoms with Crippen molar-refractivity contribution < 1.29 is 4.79 Å². The number of rotatable bonds is 4. The monoisotopic (exact) mass is 221 g/mol. The van der Waals surface area contributed by atoms with E-state index in [-0.39, 0.29) is 0 Å². The van der Waals surface area contributed by atoms with Gasteiger partial charge >= 0.3 is 0 Å². The number of hydrogen-bond acceptors (Lipinski definition) is 2. The first kappa shape index (κ1) is 10.8. The highest BCUT2D eigenvalue weighted by Gasteiger charge is 2.46. The number of hydrogen-bond donors (Lipinski definition) is 1. The molecule has 3 saturated carbocycles. The molecule has 4 unspecified atom stereocenters. The lowest BCUT2D eigenvalue weighted by atomic mass is 9.80. The average molecular weight is 221 g/mol.